The standard InChI is InChI=1S/C34H44NO5S/c1-35(2,3)32(26-27-14-10-9-11-15-27)34(37)39-25-13-8-6-5-7-12-24-38-29-18-20-30(21-19-29)40-33(36)28-16-22-31(41-4)23-17-28/h9-11,14-23,32H,5-8,12-13,24-26H2,1-4H3/q+1. The van der Waals surface area contributed by atoms with E-state index in [4.69, 9.17) is 14.2 Å². The highest BCUT2D eigenvalue weighted by molar-refractivity contribution is 7.98. The zero-order valence-corrected chi connectivity index (χ0v) is 25.7. The van der Waals surface area contributed by atoms with Gasteiger partial charge in [0.1, 0.15) is 11.5 Å². The van der Waals surface area contributed by atoms with Gasteiger partial charge in [-0.3, -0.25) is 0 Å². The number of carbonyl (C=O) groups excluding carboxylic acids is 2. The Morgan fingerprint density at radius 2 is 1.32 bits per heavy atom. The molecule has 0 aliphatic carbocycles. The minimum absolute atomic E-state index is 0.120. The van der Waals surface area contributed by atoms with Crippen LogP contribution < -0.4 is 9.47 Å². The van der Waals surface area contributed by atoms with Gasteiger partial charge < -0.3 is 18.7 Å². The Bertz CT molecular complexity index is 1190. The molecule has 0 spiro atoms. The van der Waals surface area contributed by atoms with E-state index in [-0.39, 0.29) is 18.0 Å². The zero-order valence-electron chi connectivity index (χ0n) is 24.8. The molecule has 3 aromatic carbocycles. The van der Waals surface area contributed by atoms with Crippen molar-refractivity contribution in [1.82, 2.24) is 0 Å². The van der Waals surface area contributed by atoms with Gasteiger partial charge in [-0.2, -0.15) is 0 Å². The number of likely N-dealkylation sites (N-methyl/N-ethyl adjacent to an activating group) is 1. The molecule has 0 saturated heterocycles. The second-order valence-electron chi connectivity index (χ2n) is 11.0. The van der Waals surface area contributed by atoms with Crippen LogP contribution in [0, 0.1) is 0 Å². The first-order chi connectivity index (χ1) is 19.8. The average Bonchev–Trinajstić information content (AvgIpc) is 2.97. The summed E-state index contributed by atoms with van der Waals surface area (Å²) in [5, 5.41) is 0. The van der Waals surface area contributed by atoms with Gasteiger partial charge in [-0.05, 0) is 73.2 Å². The Morgan fingerprint density at radius 3 is 1.93 bits per heavy atom. The summed E-state index contributed by atoms with van der Waals surface area (Å²) in [6.45, 7) is 1.12. The fraction of sp³-hybridized carbons (Fsp3) is 0.412. The maximum Gasteiger partial charge on any atom is 0.365 e. The molecule has 0 heterocycles. The van der Waals surface area contributed by atoms with Gasteiger partial charge in [0.2, 0.25) is 0 Å². The molecule has 3 rings (SSSR count). The minimum Gasteiger partial charge on any atom is -0.494 e. The van der Waals surface area contributed by atoms with Crippen molar-refractivity contribution in [1.29, 1.82) is 0 Å². The smallest absolute Gasteiger partial charge is 0.365 e. The molecular formula is C34H44NO5S+. The normalized spacial score (nSPS) is 12.0. The van der Waals surface area contributed by atoms with E-state index in [1.165, 1.54) is 0 Å². The molecule has 0 aliphatic heterocycles. The van der Waals surface area contributed by atoms with Crippen LogP contribution in [0.25, 0.3) is 0 Å². The van der Waals surface area contributed by atoms with Crippen LogP contribution >= 0.6 is 11.8 Å². The second kappa shape index (κ2) is 16.8. The highest BCUT2D eigenvalue weighted by Crippen LogP contribution is 2.21. The Balaban J connectivity index is 1.23. The molecule has 0 amide bonds. The van der Waals surface area contributed by atoms with Crippen molar-refractivity contribution in [3.05, 3.63) is 90.0 Å². The highest BCUT2D eigenvalue weighted by Gasteiger charge is 2.33. The molecule has 6 nitrogen and oxygen atoms in total. The SMILES string of the molecule is CSc1ccc(C(=O)Oc2ccc(OCCCCCCCCOC(=O)C(Cc3ccccc3)[N+](C)(C)C)cc2)cc1. The largest absolute Gasteiger partial charge is 0.494 e. The van der Waals surface area contributed by atoms with Gasteiger partial charge in [0.05, 0.1) is 39.9 Å². The number of thioether (sulfide) groups is 1. The molecule has 0 radical (unpaired) electrons. The molecule has 7 heteroatoms. The number of carbonyl (C=O) groups is 2. The molecule has 0 aliphatic rings. The number of ether oxygens (including phenoxy) is 3. The summed E-state index contributed by atoms with van der Waals surface area (Å²) in [6.07, 6.45) is 8.90. The van der Waals surface area contributed by atoms with Crippen LogP contribution in [-0.4, -0.2) is 63.1 Å². The summed E-state index contributed by atoms with van der Waals surface area (Å²) in [7, 11) is 6.12. The van der Waals surface area contributed by atoms with Crippen LogP contribution in [0.4, 0.5) is 0 Å². The summed E-state index contributed by atoms with van der Waals surface area (Å²) in [5.41, 5.74) is 1.68. The maximum absolute atomic E-state index is 12.8. The van der Waals surface area contributed by atoms with Crippen molar-refractivity contribution >= 4 is 23.7 Å². The van der Waals surface area contributed by atoms with Crippen molar-refractivity contribution in [2.45, 2.75) is 55.9 Å². The molecular weight excluding hydrogens is 534 g/mol. The predicted molar refractivity (Wildman–Crippen MR) is 166 cm³/mol. The molecule has 1 unspecified atom stereocenters. The highest BCUT2D eigenvalue weighted by atomic mass is 32.2. The summed E-state index contributed by atoms with van der Waals surface area (Å²) in [4.78, 5) is 26.2. The Kier molecular flexibility index (Phi) is 13.2. The fourth-order valence-electron chi connectivity index (χ4n) is 4.38. The monoisotopic (exact) mass is 578 g/mol. The lowest BCUT2D eigenvalue weighted by Gasteiger charge is -2.32. The van der Waals surface area contributed by atoms with Crippen LogP contribution in [0.3, 0.4) is 0 Å². The van der Waals surface area contributed by atoms with E-state index in [0.29, 0.717) is 35.4 Å². The molecule has 1 atom stereocenters. The van der Waals surface area contributed by atoms with Gasteiger partial charge in [-0.15, -0.1) is 11.8 Å². The molecule has 0 saturated carbocycles. The number of quaternary nitrogens is 1. The van der Waals surface area contributed by atoms with Gasteiger partial charge in [0.15, 0.2) is 6.04 Å². The second-order valence-corrected chi connectivity index (χ2v) is 11.9. The Labute approximate surface area is 249 Å². The lowest BCUT2D eigenvalue weighted by atomic mass is 10.0. The van der Waals surface area contributed by atoms with E-state index in [1.54, 1.807) is 36.0 Å². The number of unbranched alkanes of at least 4 members (excludes halogenated alkanes) is 5. The van der Waals surface area contributed by atoms with Crippen molar-refractivity contribution in [2.24, 2.45) is 0 Å². The quantitative estimate of drug-likeness (QED) is 0.0555. The number of esters is 2. The molecule has 0 aromatic heterocycles. The van der Waals surface area contributed by atoms with Gasteiger partial charge >= 0.3 is 11.9 Å². The van der Waals surface area contributed by atoms with Crippen molar-refractivity contribution < 1.29 is 28.3 Å². The number of benzene rings is 3. The van der Waals surface area contributed by atoms with E-state index in [2.05, 4.69) is 12.1 Å². The lowest BCUT2D eigenvalue weighted by molar-refractivity contribution is -0.887. The molecule has 41 heavy (non-hydrogen) atoms. The van der Waals surface area contributed by atoms with E-state index >= 15 is 0 Å². The molecule has 0 bridgehead atoms. The van der Waals surface area contributed by atoms with E-state index in [1.807, 2.05) is 69.9 Å². The van der Waals surface area contributed by atoms with Gasteiger partial charge in [-0.25, -0.2) is 9.59 Å². The van der Waals surface area contributed by atoms with Crippen molar-refractivity contribution in [3.8, 4) is 11.5 Å². The van der Waals surface area contributed by atoms with Crippen molar-refractivity contribution in [2.75, 3.05) is 40.6 Å². The van der Waals surface area contributed by atoms with Crippen LogP contribution in [0.15, 0.2) is 83.8 Å². The first kappa shape index (κ1) is 32.2. The van der Waals surface area contributed by atoms with E-state index in [0.717, 1.165) is 54.7 Å². The fourth-order valence-corrected chi connectivity index (χ4v) is 4.79. The summed E-state index contributed by atoms with van der Waals surface area (Å²) >= 11 is 1.63. The topological polar surface area (TPSA) is 61.8 Å². The molecule has 0 N–H and O–H groups in total. The maximum atomic E-state index is 12.8. The summed E-state index contributed by atoms with van der Waals surface area (Å²) in [5.74, 6) is 0.757. The number of hydrogen-bond donors (Lipinski definition) is 0. The molecule has 220 valence electrons. The first-order valence-corrected chi connectivity index (χ1v) is 15.6. The third kappa shape index (κ3) is 11.6. The predicted octanol–water partition coefficient (Wildman–Crippen LogP) is 7.21. The number of nitrogens with zero attached hydrogens (tertiary/aromatic N) is 1. The van der Waals surface area contributed by atoms with Gasteiger partial charge in [0.25, 0.3) is 0 Å². The van der Waals surface area contributed by atoms with Crippen LogP contribution in [0.1, 0.15) is 54.4 Å². The summed E-state index contributed by atoms with van der Waals surface area (Å²) in [6, 6.07) is 24.4. The lowest BCUT2D eigenvalue weighted by Crippen LogP contribution is -2.51. The Hall–Kier alpha value is -3.29. The minimum atomic E-state index is -0.374. The number of hydrogen-bond acceptors (Lipinski definition) is 6. The zero-order chi connectivity index (χ0) is 29.5. The number of rotatable bonds is 17. The van der Waals surface area contributed by atoms with Crippen LogP contribution in [-0.2, 0) is 16.0 Å². The van der Waals surface area contributed by atoms with Crippen LogP contribution in [0.5, 0.6) is 11.5 Å². The van der Waals surface area contributed by atoms with E-state index < -0.39 is 0 Å². The molecule has 3 aromatic rings. The molecule has 0 fully saturated rings. The third-order valence-electron chi connectivity index (χ3n) is 6.89. The van der Waals surface area contributed by atoms with Gasteiger partial charge in [0, 0.05) is 11.3 Å². The van der Waals surface area contributed by atoms with E-state index in [9.17, 15) is 9.59 Å². The summed E-state index contributed by atoms with van der Waals surface area (Å²) < 4.78 is 17.5. The first-order valence-electron chi connectivity index (χ1n) is 14.4. The van der Waals surface area contributed by atoms with Crippen molar-refractivity contribution in [3.63, 3.8) is 0 Å². The van der Waals surface area contributed by atoms with Gasteiger partial charge in [-0.1, -0.05) is 56.0 Å². The van der Waals surface area contributed by atoms with Crippen LogP contribution in [0.2, 0.25) is 0 Å². The average molecular weight is 579 g/mol. The Morgan fingerprint density at radius 1 is 0.732 bits per heavy atom. The third-order valence-corrected chi connectivity index (χ3v) is 7.63.